The average Bonchev–Trinajstić information content (AvgIpc) is 2.68. The number of morpholine rings is 1. The van der Waals surface area contributed by atoms with E-state index in [2.05, 4.69) is 29.2 Å². The lowest BCUT2D eigenvalue weighted by Gasteiger charge is -2.35. The van der Waals surface area contributed by atoms with Crippen LogP contribution in [0, 0.1) is 5.92 Å². The molecule has 1 aromatic carbocycles. The Hall–Kier alpha value is -2.25. The van der Waals surface area contributed by atoms with E-state index in [0.29, 0.717) is 17.8 Å². The number of hydrogen-bond acceptors (Lipinski definition) is 5. The van der Waals surface area contributed by atoms with Gasteiger partial charge in [-0.1, -0.05) is 32.0 Å². The van der Waals surface area contributed by atoms with E-state index in [1.165, 1.54) is 4.68 Å². The zero-order valence-corrected chi connectivity index (χ0v) is 16.1. The summed E-state index contributed by atoms with van der Waals surface area (Å²) in [6.07, 6.45) is 2.63. The highest BCUT2D eigenvalue weighted by Crippen LogP contribution is 2.13. The van der Waals surface area contributed by atoms with Crippen LogP contribution in [0.1, 0.15) is 20.3 Å². The maximum atomic E-state index is 12.5. The topological polar surface area (TPSA) is 76.5 Å². The van der Waals surface area contributed by atoms with E-state index < -0.39 is 0 Å². The minimum atomic E-state index is -0.241. The normalized spacial score (nSPS) is 16.6. The van der Waals surface area contributed by atoms with Gasteiger partial charge in [0.2, 0.25) is 5.91 Å². The number of carbonyl (C=O) groups is 1. The number of nitrogens with one attached hydrogen (secondary N) is 1. The van der Waals surface area contributed by atoms with Crippen LogP contribution in [-0.2, 0) is 16.1 Å². The molecule has 7 heteroatoms. The van der Waals surface area contributed by atoms with Crippen LogP contribution in [0.4, 0.5) is 0 Å². The predicted octanol–water partition coefficient (Wildman–Crippen LogP) is 1.26. The summed E-state index contributed by atoms with van der Waals surface area (Å²) in [5.74, 6) is 0.349. The van der Waals surface area contributed by atoms with Crippen LogP contribution in [0.5, 0.6) is 0 Å². The molecular formula is C20H28N4O3. The summed E-state index contributed by atoms with van der Waals surface area (Å²) in [6, 6.07) is 7.55. The van der Waals surface area contributed by atoms with Crippen LogP contribution >= 0.6 is 0 Å². The molecule has 0 spiro atoms. The van der Waals surface area contributed by atoms with Crippen LogP contribution < -0.4 is 10.9 Å². The van der Waals surface area contributed by atoms with Crippen molar-refractivity contribution < 1.29 is 9.53 Å². The summed E-state index contributed by atoms with van der Waals surface area (Å²) in [5, 5.41) is 8.47. The van der Waals surface area contributed by atoms with Gasteiger partial charge in [0.05, 0.1) is 24.8 Å². The van der Waals surface area contributed by atoms with Gasteiger partial charge in [-0.3, -0.25) is 14.5 Å². The van der Waals surface area contributed by atoms with E-state index >= 15 is 0 Å². The van der Waals surface area contributed by atoms with Gasteiger partial charge in [0.25, 0.3) is 5.56 Å². The van der Waals surface area contributed by atoms with Crippen LogP contribution in [0.15, 0.2) is 35.3 Å². The standard InChI is InChI=1S/C20H28N4O3/c1-15(2)11-17(23-7-9-27-10-8-23)13-21-19(25)14-24-20(26)18-6-4-3-5-16(18)12-22-24/h3-6,12,15,17H,7-11,13-14H2,1-2H3,(H,21,25). The number of benzene rings is 1. The molecule has 7 nitrogen and oxygen atoms in total. The highest BCUT2D eigenvalue weighted by molar-refractivity contribution is 5.81. The highest BCUT2D eigenvalue weighted by Gasteiger charge is 2.22. The minimum absolute atomic E-state index is 0.0683. The number of hydrogen-bond donors (Lipinski definition) is 1. The SMILES string of the molecule is CC(C)CC(CNC(=O)Cn1ncc2ccccc2c1=O)N1CCOCC1. The van der Waals surface area contributed by atoms with E-state index in [1.54, 1.807) is 12.3 Å². The molecule has 0 aliphatic carbocycles. The third-order valence-corrected chi connectivity index (χ3v) is 4.90. The molecule has 146 valence electrons. The second-order valence-electron chi connectivity index (χ2n) is 7.43. The number of fused-ring (bicyclic) bond motifs is 1. The lowest BCUT2D eigenvalue weighted by molar-refractivity contribution is -0.122. The number of rotatable bonds is 7. The summed E-state index contributed by atoms with van der Waals surface area (Å²) >= 11 is 0. The maximum Gasteiger partial charge on any atom is 0.275 e. The molecule has 27 heavy (non-hydrogen) atoms. The highest BCUT2D eigenvalue weighted by atomic mass is 16.5. The molecule has 3 rings (SSSR count). The van der Waals surface area contributed by atoms with Crippen molar-refractivity contribution in [1.82, 2.24) is 20.0 Å². The first-order valence-corrected chi connectivity index (χ1v) is 9.58. The zero-order chi connectivity index (χ0) is 19.2. The fourth-order valence-corrected chi connectivity index (χ4v) is 3.51. The number of nitrogens with zero attached hydrogens (tertiary/aromatic N) is 3. The minimum Gasteiger partial charge on any atom is -0.379 e. The lowest BCUT2D eigenvalue weighted by atomic mass is 10.0. The van der Waals surface area contributed by atoms with Crippen molar-refractivity contribution in [2.45, 2.75) is 32.9 Å². The third-order valence-electron chi connectivity index (χ3n) is 4.90. The molecule has 1 fully saturated rings. The number of carbonyl (C=O) groups excluding carboxylic acids is 1. The van der Waals surface area contributed by atoms with Crippen LogP contribution in [0.25, 0.3) is 10.8 Å². The van der Waals surface area contributed by atoms with E-state index in [4.69, 9.17) is 4.74 Å². The molecule has 0 bridgehead atoms. The van der Waals surface area contributed by atoms with Gasteiger partial charge in [0.15, 0.2) is 0 Å². The summed E-state index contributed by atoms with van der Waals surface area (Å²) in [7, 11) is 0. The maximum absolute atomic E-state index is 12.5. The van der Waals surface area contributed by atoms with Crippen molar-refractivity contribution in [2.24, 2.45) is 5.92 Å². The van der Waals surface area contributed by atoms with E-state index in [0.717, 1.165) is 38.1 Å². The summed E-state index contributed by atoms with van der Waals surface area (Å²) in [5.41, 5.74) is -0.241. The van der Waals surface area contributed by atoms with Gasteiger partial charge in [-0.15, -0.1) is 0 Å². The number of aromatic nitrogens is 2. The van der Waals surface area contributed by atoms with Gasteiger partial charge in [0, 0.05) is 31.1 Å². The van der Waals surface area contributed by atoms with E-state index in [9.17, 15) is 9.59 Å². The van der Waals surface area contributed by atoms with Crippen molar-refractivity contribution in [2.75, 3.05) is 32.8 Å². The first-order valence-electron chi connectivity index (χ1n) is 9.58. The molecule has 1 saturated heterocycles. The molecule has 1 N–H and O–H groups in total. The Balaban J connectivity index is 1.62. The molecule has 1 aliphatic heterocycles. The van der Waals surface area contributed by atoms with Crippen molar-refractivity contribution in [1.29, 1.82) is 0 Å². The predicted molar refractivity (Wildman–Crippen MR) is 105 cm³/mol. The monoisotopic (exact) mass is 372 g/mol. The average molecular weight is 372 g/mol. The first-order chi connectivity index (χ1) is 13.0. The summed E-state index contributed by atoms with van der Waals surface area (Å²) in [6.45, 7) is 8.12. The summed E-state index contributed by atoms with van der Waals surface area (Å²) in [4.78, 5) is 27.3. The first kappa shape index (κ1) is 19.5. The molecule has 1 atom stereocenters. The van der Waals surface area contributed by atoms with E-state index in [1.807, 2.05) is 18.2 Å². The van der Waals surface area contributed by atoms with Crippen LogP contribution in [0.2, 0.25) is 0 Å². The Kier molecular flexibility index (Phi) is 6.58. The van der Waals surface area contributed by atoms with Crippen molar-refractivity contribution in [3.05, 3.63) is 40.8 Å². The molecule has 1 aliphatic rings. The molecule has 1 amide bonds. The summed E-state index contributed by atoms with van der Waals surface area (Å²) < 4.78 is 6.66. The molecular weight excluding hydrogens is 344 g/mol. The Morgan fingerprint density at radius 1 is 1.26 bits per heavy atom. The molecule has 2 heterocycles. The van der Waals surface area contributed by atoms with Gasteiger partial charge in [-0.25, -0.2) is 4.68 Å². The largest absolute Gasteiger partial charge is 0.379 e. The van der Waals surface area contributed by atoms with E-state index in [-0.39, 0.29) is 24.1 Å². The number of amides is 1. The molecule has 1 unspecified atom stereocenters. The molecule has 1 aromatic heterocycles. The van der Waals surface area contributed by atoms with Crippen molar-refractivity contribution >= 4 is 16.7 Å². The Morgan fingerprint density at radius 2 is 2.00 bits per heavy atom. The fraction of sp³-hybridized carbons (Fsp3) is 0.550. The van der Waals surface area contributed by atoms with Gasteiger partial charge in [0.1, 0.15) is 6.54 Å². The molecule has 0 saturated carbocycles. The number of ether oxygens (including phenoxy) is 1. The van der Waals surface area contributed by atoms with Gasteiger partial charge in [-0.05, 0) is 18.4 Å². The Labute approximate surface area is 159 Å². The smallest absolute Gasteiger partial charge is 0.275 e. The van der Waals surface area contributed by atoms with Crippen LogP contribution in [0.3, 0.4) is 0 Å². The third kappa shape index (κ3) is 5.14. The lowest BCUT2D eigenvalue weighted by Crippen LogP contribution is -2.49. The molecule has 0 radical (unpaired) electrons. The quantitative estimate of drug-likeness (QED) is 0.792. The van der Waals surface area contributed by atoms with Gasteiger partial charge >= 0.3 is 0 Å². The Morgan fingerprint density at radius 3 is 2.74 bits per heavy atom. The van der Waals surface area contributed by atoms with Crippen molar-refractivity contribution in [3.8, 4) is 0 Å². The van der Waals surface area contributed by atoms with Crippen molar-refractivity contribution in [3.63, 3.8) is 0 Å². The van der Waals surface area contributed by atoms with Gasteiger partial charge in [-0.2, -0.15) is 5.10 Å². The molecule has 2 aromatic rings. The van der Waals surface area contributed by atoms with Gasteiger partial charge < -0.3 is 10.1 Å². The van der Waals surface area contributed by atoms with Crippen LogP contribution in [-0.4, -0.2) is 59.5 Å². The zero-order valence-electron chi connectivity index (χ0n) is 16.1. The second kappa shape index (κ2) is 9.10. The Bertz CT molecular complexity index is 827. The second-order valence-corrected chi connectivity index (χ2v) is 7.43. The fourth-order valence-electron chi connectivity index (χ4n) is 3.51.